The second-order valence-corrected chi connectivity index (χ2v) is 5.85. The third-order valence-electron chi connectivity index (χ3n) is 0. The first-order valence-corrected chi connectivity index (χ1v) is 6.19. The predicted molar refractivity (Wildman–Crippen MR) is 6.65 cm³/mol. The molecule has 0 spiro atoms. The zero-order chi connectivity index (χ0) is 6.41. The summed E-state index contributed by atoms with van der Waals surface area (Å²) in [4.78, 5) is 0. The molecule has 0 rings (SSSR count). The van der Waals surface area contributed by atoms with E-state index in [1.54, 1.807) is 0 Å². The quantitative estimate of drug-likeness (QED) is 0.603. The molecule has 0 atom stereocenters. The molecule has 7 heteroatoms. The van der Waals surface area contributed by atoms with E-state index >= 15 is 0 Å². The summed E-state index contributed by atoms with van der Waals surface area (Å²) >= 11 is -11.2. The van der Waals surface area contributed by atoms with E-state index in [1.807, 2.05) is 0 Å². The average molecular weight is 306 g/mol. The van der Waals surface area contributed by atoms with Crippen LogP contribution < -0.4 is 0 Å². The van der Waals surface area contributed by atoms with Crippen molar-refractivity contribution in [3.63, 3.8) is 0 Å². The number of halogens is 6. The molecule has 0 aromatic carbocycles. The van der Waals surface area contributed by atoms with Gasteiger partial charge in [0.25, 0.3) is 0 Å². The Morgan fingerprint density at radius 1 is 0.571 bits per heavy atom. The Morgan fingerprint density at radius 3 is 0.571 bits per heavy atom. The molecule has 0 saturated heterocycles. The molecule has 54 valence electrons. The molecule has 7 heavy (non-hydrogen) atoms. The molecule has 0 aliphatic heterocycles. The van der Waals surface area contributed by atoms with Crippen LogP contribution in [0.25, 0.3) is 0 Å². The van der Waals surface area contributed by atoms with E-state index in [-0.39, 0.29) is 0 Å². The summed E-state index contributed by atoms with van der Waals surface area (Å²) < 4.78 is 59.5. The molecule has 0 saturated carbocycles. The van der Waals surface area contributed by atoms with Gasteiger partial charge in [0.2, 0.25) is 0 Å². The van der Waals surface area contributed by atoms with Crippen LogP contribution in [0.1, 0.15) is 0 Å². The maximum atomic E-state index is 9.92. The van der Waals surface area contributed by atoms with Crippen molar-refractivity contribution in [2.24, 2.45) is 0 Å². The molecule has 0 radical (unpaired) electrons. The third kappa shape index (κ3) is 2120. The van der Waals surface area contributed by atoms with E-state index in [9.17, 15) is 19.5 Å². The van der Waals surface area contributed by atoms with Gasteiger partial charge in [0, 0.05) is 0 Å². The summed E-state index contributed by atoms with van der Waals surface area (Å²) in [5, 5.41) is 0. The molecule has 0 aromatic heterocycles. The number of hydrogen-bond donors (Lipinski definition) is 0. The Balaban J connectivity index is 4.43. The predicted octanol–water partition coefficient (Wildman–Crippen LogP) is 2.52. The minimum absolute atomic E-state index is 9.92. The molecule has 0 heterocycles. The van der Waals surface area contributed by atoms with Crippen molar-refractivity contribution in [1.29, 1.82) is 0 Å². The van der Waals surface area contributed by atoms with E-state index in [2.05, 4.69) is 0 Å². The SMILES string of the molecule is [F][Ir-3]([F])([F])([F])([F])[F]. The first-order valence-electron chi connectivity index (χ1n) is 0.756. The van der Waals surface area contributed by atoms with Crippen LogP contribution in [0.5, 0.6) is 0 Å². The van der Waals surface area contributed by atoms with Gasteiger partial charge in [-0.25, -0.2) is 0 Å². The number of rotatable bonds is 0. The van der Waals surface area contributed by atoms with Crippen LogP contribution in [0.4, 0.5) is 19.5 Å². The van der Waals surface area contributed by atoms with Gasteiger partial charge in [-0.1, -0.05) is 0 Å². The van der Waals surface area contributed by atoms with Gasteiger partial charge in [0.05, 0.1) is 0 Å². The van der Waals surface area contributed by atoms with Crippen LogP contribution >= 0.6 is 0 Å². The van der Waals surface area contributed by atoms with Crippen molar-refractivity contribution in [2.75, 3.05) is 0 Å². The van der Waals surface area contributed by atoms with Gasteiger partial charge in [-0.15, -0.1) is 0 Å². The van der Waals surface area contributed by atoms with Crippen molar-refractivity contribution in [1.82, 2.24) is 0 Å². The van der Waals surface area contributed by atoms with Crippen LogP contribution in [0.15, 0.2) is 0 Å². The van der Waals surface area contributed by atoms with Gasteiger partial charge in [0.15, 0.2) is 0 Å². The molecule has 0 nitrogen and oxygen atoms in total. The molecule has 0 aliphatic rings. The first kappa shape index (κ1) is 7.23. The molecule has 0 N–H and O–H groups in total. The van der Waals surface area contributed by atoms with Gasteiger partial charge in [-0.3, -0.25) is 0 Å². The van der Waals surface area contributed by atoms with E-state index in [0.717, 1.165) is 0 Å². The zero-order valence-corrected chi connectivity index (χ0v) is 5.00. The Morgan fingerprint density at radius 2 is 0.571 bits per heavy atom. The molecule has 0 bridgehead atoms. The Labute approximate surface area is 36.3 Å². The molecular formula is F6Ir-3. The van der Waals surface area contributed by atoms with Crippen LogP contribution in [0.3, 0.4) is 0 Å². The van der Waals surface area contributed by atoms with E-state index in [4.69, 9.17) is 0 Å². The van der Waals surface area contributed by atoms with Gasteiger partial charge in [-0.2, -0.15) is 0 Å². The van der Waals surface area contributed by atoms with Crippen LogP contribution in [0.2, 0.25) is 0 Å². The second-order valence-electron chi connectivity index (χ2n) is 0.714. The second kappa shape index (κ2) is 0.734. The van der Waals surface area contributed by atoms with Gasteiger partial charge in [0.1, 0.15) is 0 Å². The fraction of sp³-hybridized carbons (Fsp3) is 0. The Kier molecular flexibility index (Phi) is 0.759. The summed E-state index contributed by atoms with van der Waals surface area (Å²) in [5.41, 5.74) is 0. The summed E-state index contributed by atoms with van der Waals surface area (Å²) in [6.45, 7) is 0. The third-order valence-corrected chi connectivity index (χ3v) is 0. The van der Waals surface area contributed by atoms with Crippen molar-refractivity contribution in [2.45, 2.75) is 0 Å². The molecular weight excluding hydrogens is 306 g/mol. The van der Waals surface area contributed by atoms with Crippen molar-refractivity contribution in [3.8, 4) is 0 Å². The van der Waals surface area contributed by atoms with Gasteiger partial charge >= 0.3 is 35.4 Å². The van der Waals surface area contributed by atoms with E-state index < -0.39 is 15.9 Å². The molecule has 0 aromatic rings. The maximum absolute atomic E-state index is 11.2. The van der Waals surface area contributed by atoms with Gasteiger partial charge < -0.3 is 0 Å². The normalized spacial score (nSPS) is 23.1. The van der Waals surface area contributed by atoms with Crippen LogP contribution in [0, 0.1) is 0 Å². The molecule has 0 amide bonds. The summed E-state index contributed by atoms with van der Waals surface area (Å²) in [6.07, 6.45) is 0. The molecule has 0 unspecified atom stereocenters. The Bertz CT molecular complexity index is 62.7. The topological polar surface area (TPSA) is 0 Å². The first-order chi connectivity index (χ1) is 2.45. The minimum atomic E-state index is -11.2. The molecule has 0 aliphatic carbocycles. The van der Waals surface area contributed by atoms with Crippen molar-refractivity contribution >= 4 is 0 Å². The summed E-state index contributed by atoms with van der Waals surface area (Å²) in [6, 6.07) is 0. The fourth-order valence-corrected chi connectivity index (χ4v) is 0. The van der Waals surface area contributed by atoms with Crippen LogP contribution in [-0.2, 0) is 15.9 Å². The van der Waals surface area contributed by atoms with E-state index in [1.165, 1.54) is 0 Å². The summed E-state index contributed by atoms with van der Waals surface area (Å²) in [5.74, 6) is 0. The summed E-state index contributed by atoms with van der Waals surface area (Å²) in [7, 11) is 0. The zero-order valence-electron chi connectivity index (χ0n) is 2.60. The van der Waals surface area contributed by atoms with Crippen molar-refractivity contribution < 1.29 is 35.4 Å². The average Bonchev–Trinajstić information content (AvgIpc) is 0.592. The molecule has 0 fully saturated rings. The Hall–Kier alpha value is 0.229. The number of hydrogen-bond acceptors (Lipinski definition) is 0. The van der Waals surface area contributed by atoms with Crippen molar-refractivity contribution in [3.05, 3.63) is 0 Å². The fourth-order valence-electron chi connectivity index (χ4n) is 0. The standard InChI is InChI=1S/6FH.Ir/h6*1H;/q;;;;;;+3/p-6. The van der Waals surface area contributed by atoms with E-state index in [0.29, 0.717) is 0 Å². The van der Waals surface area contributed by atoms with Gasteiger partial charge in [-0.05, 0) is 0 Å². The monoisotopic (exact) mass is 307 g/mol. The van der Waals surface area contributed by atoms with Crippen LogP contribution in [-0.4, -0.2) is 0 Å².